The molecule has 1 saturated heterocycles. The molecule has 18 heavy (non-hydrogen) atoms. The van der Waals surface area contributed by atoms with E-state index in [1.165, 1.54) is 0 Å². The number of carbonyl (C=O) groups is 2. The van der Waals surface area contributed by atoms with Crippen LogP contribution in [-0.4, -0.2) is 22.8 Å². The molecule has 7 heteroatoms. The molecule has 1 aromatic heterocycles. The van der Waals surface area contributed by atoms with Crippen molar-refractivity contribution in [2.45, 2.75) is 37.3 Å². The van der Waals surface area contributed by atoms with Crippen molar-refractivity contribution in [3.05, 3.63) is 20.7 Å². The second-order valence-corrected chi connectivity index (χ2v) is 5.63. The van der Waals surface area contributed by atoms with E-state index in [0.717, 1.165) is 29.9 Å². The molecular weight excluding hydrogens is 254 g/mol. The quantitative estimate of drug-likeness (QED) is 0.663. The Kier molecular flexibility index (Phi) is 2.60. The molecule has 2 aliphatic rings. The molecule has 2 heterocycles. The van der Waals surface area contributed by atoms with Gasteiger partial charge in [0.2, 0.25) is 11.8 Å². The minimum atomic E-state index is -0.353. The van der Waals surface area contributed by atoms with Gasteiger partial charge in [-0.2, -0.15) is 0 Å². The van der Waals surface area contributed by atoms with Gasteiger partial charge in [-0.1, -0.05) is 11.3 Å². The van der Waals surface area contributed by atoms with E-state index in [1.54, 1.807) is 5.38 Å². The van der Waals surface area contributed by atoms with E-state index in [2.05, 4.69) is 15.6 Å². The lowest BCUT2D eigenvalue weighted by atomic mass is 10.0. The summed E-state index contributed by atoms with van der Waals surface area (Å²) in [6.07, 6.45) is 2.68. The zero-order valence-corrected chi connectivity index (χ0v) is 10.4. The normalized spacial score (nSPS) is 25.9. The van der Waals surface area contributed by atoms with Crippen LogP contribution in [0.5, 0.6) is 0 Å². The van der Waals surface area contributed by atoms with Gasteiger partial charge in [-0.3, -0.25) is 25.0 Å². The number of piperidine rings is 1. The van der Waals surface area contributed by atoms with Crippen LogP contribution < -0.4 is 15.5 Å². The molecule has 2 amide bonds. The Morgan fingerprint density at radius 3 is 2.67 bits per heavy atom. The van der Waals surface area contributed by atoms with Crippen LogP contribution in [0.4, 0.5) is 0 Å². The summed E-state index contributed by atoms with van der Waals surface area (Å²) in [5, 5.41) is 7.41. The molecule has 1 atom stereocenters. The second kappa shape index (κ2) is 4.03. The Balaban J connectivity index is 1.75. The molecule has 0 bridgehead atoms. The summed E-state index contributed by atoms with van der Waals surface area (Å²) in [7, 11) is 0. The smallest absolute Gasteiger partial charge is 0.304 e. The maximum atomic E-state index is 11.7. The summed E-state index contributed by atoms with van der Waals surface area (Å²) in [4.78, 5) is 36.6. The number of H-pyrrole nitrogens is 1. The predicted octanol–water partition coefficient (Wildman–Crippen LogP) is -0.180. The zero-order valence-electron chi connectivity index (χ0n) is 9.62. The highest BCUT2D eigenvalue weighted by atomic mass is 32.1. The Morgan fingerprint density at radius 1 is 1.33 bits per heavy atom. The first-order valence-corrected chi connectivity index (χ1v) is 6.77. The summed E-state index contributed by atoms with van der Waals surface area (Å²) in [5.74, 6) is -0.484. The Hall–Kier alpha value is -1.47. The number of hydrogen-bond donors (Lipinski definition) is 3. The summed E-state index contributed by atoms with van der Waals surface area (Å²) in [6.45, 7) is 0. The minimum absolute atomic E-state index is 0.0821. The number of rotatable bonds is 3. The predicted molar refractivity (Wildman–Crippen MR) is 65.2 cm³/mol. The van der Waals surface area contributed by atoms with Crippen LogP contribution in [0, 0.1) is 0 Å². The van der Waals surface area contributed by atoms with Crippen LogP contribution in [0.15, 0.2) is 10.2 Å². The molecule has 2 fully saturated rings. The topological polar surface area (TPSA) is 91.1 Å². The molecule has 96 valence electrons. The first kappa shape index (κ1) is 11.6. The van der Waals surface area contributed by atoms with Gasteiger partial charge in [0.1, 0.15) is 0 Å². The number of thiazole rings is 1. The largest absolute Gasteiger partial charge is 0.315 e. The molecule has 1 aliphatic carbocycles. The van der Waals surface area contributed by atoms with Gasteiger partial charge in [-0.05, 0) is 19.3 Å². The van der Waals surface area contributed by atoms with Crippen molar-refractivity contribution < 1.29 is 9.59 Å². The van der Waals surface area contributed by atoms with E-state index in [9.17, 15) is 14.4 Å². The SMILES string of the molecule is O=C1CCC(NC2(c3csc(=O)[nH]3)CC2)C(=O)N1. The molecule has 1 saturated carbocycles. The molecule has 3 rings (SSSR count). The molecular formula is C11H13N3O3S. The van der Waals surface area contributed by atoms with Gasteiger partial charge in [0.05, 0.1) is 11.6 Å². The second-order valence-electron chi connectivity index (χ2n) is 4.79. The summed E-state index contributed by atoms with van der Waals surface area (Å²) in [6, 6.07) is -0.353. The number of imide groups is 1. The van der Waals surface area contributed by atoms with Crippen molar-refractivity contribution in [2.75, 3.05) is 0 Å². The van der Waals surface area contributed by atoms with Crippen LogP contribution in [0.3, 0.4) is 0 Å². The van der Waals surface area contributed by atoms with Gasteiger partial charge in [0, 0.05) is 17.5 Å². The molecule has 3 N–H and O–H groups in total. The highest BCUT2D eigenvalue weighted by molar-refractivity contribution is 7.07. The van der Waals surface area contributed by atoms with E-state index in [-0.39, 0.29) is 28.3 Å². The van der Waals surface area contributed by atoms with E-state index in [0.29, 0.717) is 12.8 Å². The van der Waals surface area contributed by atoms with Gasteiger partial charge in [0.25, 0.3) is 0 Å². The average molecular weight is 267 g/mol. The molecule has 1 aliphatic heterocycles. The monoisotopic (exact) mass is 267 g/mol. The van der Waals surface area contributed by atoms with Crippen molar-refractivity contribution in [3.63, 3.8) is 0 Å². The summed E-state index contributed by atoms with van der Waals surface area (Å²) in [5.41, 5.74) is 0.573. The zero-order chi connectivity index (χ0) is 12.8. The van der Waals surface area contributed by atoms with Crippen molar-refractivity contribution in [2.24, 2.45) is 0 Å². The van der Waals surface area contributed by atoms with Crippen LogP contribution in [0.25, 0.3) is 0 Å². The number of carbonyl (C=O) groups excluding carboxylic acids is 2. The van der Waals surface area contributed by atoms with Crippen LogP contribution >= 0.6 is 11.3 Å². The number of amides is 2. The lowest BCUT2D eigenvalue weighted by Gasteiger charge is -2.26. The average Bonchev–Trinajstić information content (AvgIpc) is 2.97. The lowest BCUT2D eigenvalue weighted by Crippen LogP contribution is -2.53. The van der Waals surface area contributed by atoms with Gasteiger partial charge in [-0.25, -0.2) is 0 Å². The maximum Gasteiger partial charge on any atom is 0.304 e. The number of nitrogens with one attached hydrogen (secondary N) is 3. The fourth-order valence-corrected chi connectivity index (χ4v) is 2.97. The molecule has 1 unspecified atom stereocenters. The number of hydrogen-bond acceptors (Lipinski definition) is 5. The third-order valence-electron chi connectivity index (χ3n) is 3.48. The first-order chi connectivity index (χ1) is 8.59. The molecule has 0 spiro atoms. The van der Waals surface area contributed by atoms with Gasteiger partial charge < -0.3 is 4.98 Å². The third-order valence-corrected chi connectivity index (χ3v) is 4.15. The van der Waals surface area contributed by atoms with E-state index >= 15 is 0 Å². The highest BCUT2D eigenvalue weighted by Gasteiger charge is 2.48. The molecule has 6 nitrogen and oxygen atoms in total. The third kappa shape index (κ3) is 1.99. The van der Waals surface area contributed by atoms with Crippen molar-refractivity contribution in [1.82, 2.24) is 15.6 Å². The van der Waals surface area contributed by atoms with Crippen LogP contribution in [0.1, 0.15) is 31.4 Å². The van der Waals surface area contributed by atoms with Crippen LogP contribution in [-0.2, 0) is 15.1 Å². The van der Waals surface area contributed by atoms with E-state index in [1.807, 2.05) is 0 Å². The highest BCUT2D eigenvalue weighted by Crippen LogP contribution is 2.45. The van der Waals surface area contributed by atoms with E-state index in [4.69, 9.17) is 0 Å². The van der Waals surface area contributed by atoms with Crippen LogP contribution in [0.2, 0.25) is 0 Å². The van der Waals surface area contributed by atoms with Gasteiger partial charge in [0.15, 0.2) is 0 Å². The van der Waals surface area contributed by atoms with Crippen molar-refractivity contribution in [1.29, 1.82) is 0 Å². The number of aromatic amines is 1. The van der Waals surface area contributed by atoms with Crippen molar-refractivity contribution in [3.8, 4) is 0 Å². The Labute approximate surface area is 107 Å². The Bertz CT molecular complexity index is 558. The minimum Gasteiger partial charge on any atom is -0.315 e. The fraction of sp³-hybridized carbons (Fsp3) is 0.545. The summed E-state index contributed by atoms with van der Waals surface area (Å²) < 4.78 is 0. The van der Waals surface area contributed by atoms with Crippen molar-refractivity contribution >= 4 is 23.2 Å². The molecule has 1 aromatic rings. The number of aromatic nitrogens is 1. The molecule has 0 aromatic carbocycles. The fourth-order valence-electron chi connectivity index (χ4n) is 2.29. The first-order valence-electron chi connectivity index (χ1n) is 5.89. The van der Waals surface area contributed by atoms with E-state index < -0.39 is 0 Å². The summed E-state index contributed by atoms with van der Waals surface area (Å²) >= 11 is 1.13. The standard InChI is InChI=1S/C11H13N3O3S/c15-8-2-1-6(9(16)13-8)14-11(3-4-11)7-5-18-10(17)12-7/h5-6,14H,1-4H2,(H,12,17)(H,13,15,16). The lowest BCUT2D eigenvalue weighted by molar-refractivity contribution is -0.135. The van der Waals surface area contributed by atoms with Gasteiger partial charge >= 0.3 is 4.87 Å². The molecule has 0 radical (unpaired) electrons. The Morgan fingerprint density at radius 2 is 2.11 bits per heavy atom. The van der Waals surface area contributed by atoms with Gasteiger partial charge in [-0.15, -0.1) is 0 Å². The maximum absolute atomic E-state index is 11.7.